The van der Waals surface area contributed by atoms with Gasteiger partial charge in [0.2, 0.25) is 0 Å². The van der Waals surface area contributed by atoms with Crippen LogP contribution in [0.5, 0.6) is 0 Å². The number of aromatic amines is 1. The van der Waals surface area contributed by atoms with E-state index in [9.17, 15) is 8.78 Å². The fourth-order valence-corrected chi connectivity index (χ4v) is 4.28. The molecule has 0 atom stereocenters. The lowest BCUT2D eigenvalue weighted by atomic mass is 10.0. The van der Waals surface area contributed by atoms with Crippen LogP contribution in [0.1, 0.15) is 23.2 Å². The van der Waals surface area contributed by atoms with Crippen LogP contribution in [0.4, 0.5) is 8.78 Å². The zero-order chi connectivity index (χ0) is 20.6. The van der Waals surface area contributed by atoms with Gasteiger partial charge in [-0.15, -0.1) is 0 Å². The minimum absolute atomic E-state index is 0.0769. The molecule has 1 aliphatic heterocycles. The van der Waals surface area contributed by atoms with E-state index in [-0.39, 0.29) is 13.0 Å². The van der Waals surface area contributed by atoms with E-state index < -0.39 is 5.92 Å². The van der Waals surface area contributed by atoms with E-state index in [2.05, 4.69) is 27.0 Å². The Morgan fingerprint density at radius 2 is 2.07 bits per heavy atom. The van der Waals surface area contributed by atoms with Gasteiger partial charge in [0.1, 0.15) is 5.69 Å². The van der Waals surface area contributed by atoms with Gasteiger partial charge in [-0.3, -0.25) is 15.0 Å². The predicted octanol–water partition coefficient (Wildman–Crippen LogP) is 4.93. The summed E-state index contributed by atoms with van der Waals surface area (Å²) in [5.74, 6) is 3.72. The molecule has 1 fully saturated rings. The Morgan fingerprint density at radius 3 is 2.87 bits per heavy atom. The van der Waals surface area contributed by atoms with Gasteiger partial charge in [0.05, 0.1) is 12.1 Å². The lowest BCUT2D eigenvalue weighted by Crippen LogP contribution is -2.24. The van der Waals surface area contributed by atoms with Gasteiger partial charge >= 0.3 is 0 Å². The second-order valence-corrected chi connectivity index (χ2v) is 8.27. The van der Waals surface area contributed by atoms with Crippen LogP contribution in [0.15, 0.2) is 53.5 Å². The Balaban J connectivity index is 1.43. The van der Waals surface area contributed by atoms with Crippen molar-refractivity contribution in [3.8, 4) is 23.0 Å². The third-order valence-corrected chi connectivity index (χ3v) is 5.87. The van der Waals surface area contributed by atoms with E-state index in [1.165, 1.54) is 0 Å². The number of fused-ring (bicyclic) bond motifs is 1. The van der Waals surface area contributed by atoms with E-state index in [0.717, 1.165) is 38.9 Å². The largest absolute Gasteiger partial charge is 0.293 e. The van der Waals surface area contributed by atoms with E-state index >= 15 is 0 Å². The van der Waals surface area contributed by atoms with Gasteiger partial charge in [-0.1, -0.05) is 12.0 Å². The fourth-order valence-electron chi connectivity index (χ4n) is 3.69. The third kappa shape index (κ3) is 3.97. The van der Waals surface area contributed by atoms with Gasteiger partial charge in [-0.25, -0.2) is 8.78 Å². The normalized spacial score (nSPS) is 15.9. The molecule has 0 aliphatic carbocycles. The summed E-state index contributed by atoms with van der Waals surface area (Å²) in [6, 6.07) is 9.98. The monoisotopic (exact) mass is 420 g/mol. The maximum absolute atomic E-state index is 13.5. The maximum atomic E-state index is 13.5. The molecule has 5 rings (SSSR count). The molecule has 3 aromatic heterocycles. The number of hydrogen-bond donors (Lipinski definition) is 1. The van der Waals surface area contributed by atoms with Crippen molar-refractivity contribution in [2.75, 3.05) is 13.1 Å². The van der Waals surface area contributed by atoms with Crippen molar-refractivity contribution >= 4 is 22.2 Å². The second-order valence-electron chi connectivity index (χ2n) is 7.49. The first-order chi connectivity index (χ1) is 14.6. The highest BCUT2D eigenvalue weighted by atomic mass is 32.1. The predicted molar refractivity (Wildman–Crippen MR) is 114 cm³/mol. The molecule has 1 N–H and O–H groups in total. The summed E-state index contributed by atoms with van der Waals surface area (Å²) in [5.41, 5.74) is 5.44. The molecule has 0 bridgehead atoms. The van der Waals surface area contributed by atoms with E-state index in [4.69, 9.17) is 0 Å². The lowest BCUT2D eigenvalue weighted by molar-refractivity contribution is 0.0115. The summed E-state index contributed by atoms with van der Waals surface area (Å²) >= 11 is 1.61. The molecule has 0 radical (unpaired) electrons. The smallest absolute Gasteiger partial charge is 0.261 e. The number of H-pyrrole nitrogens is 1. The van der Waals surface area contributed by atoms with Crippen LogP contribution in [0.2, 0.25) is 0 Å². The number of nitrogens with zero attached hydrogens (tertiary/aromatic N) is 3. The number of hydrogen-bond acceptors (Lipinski definition) is 4. The average molecular weight is 420 g/mol. The quantitative estimate of drug-likeness (QED) is 0.478. The average Bonchev–Trinajstić information content (AvgIpc) is 3.46. The highest BCUT2D eigenvalue weighted by Gasteiger charge is 2.37. The molecule has 4 nitrogen and oxygen atoms in total. The van der Waals surface area contributed by atoms with Crippen LogP contribution in [-0.4, -0.2) is 39.1 Å². The topological polar surface area (TPSA) is 44.8 Å². The molecule has 0 unspecified atom stereocenters. The van der Waals surface area contributed by atoms with Crippen molar-refractivity contribution in [1.82, 2.24) is 20.1 Å². The molecule has 1 aromatic carbocycles. The maximum Gasteiger partial charge on any atom is 0.261 e. The van der Waals surface area contributed by atoms with E-state index in [1.807, 2.05) is 41.1 Å². The first-order valence-electron chi connectivity index (χ1n) is 9.63. The Hall–Kier alpha value is -3.08. The Labute approximate surface area is 176 Å². The minimum atomic E-state index is -2.59. The highest BCUT2D eigenvalue weighted by molar-refractivity contribution is 7.08. The zero-order valence-electron chi connectivity index (χ0n) is 16.0. The summed E-state index contributed by atoms with van der Waals surface area (Å²) in [4.78, 5) is 6.11. The number of aromatic nitrogens is 3. The first kappa shape index (κ1) is 18.9. The molecule has 0 amide bonds. The molecule has 30 heavy (non-hydrogen) atoms. The van der Waals surface area contributed by atoms with E-state index in [1.54, 1.807) is 28.6 Å². The first-order valence-corrected chi connectivity index (χ1v) is 10.6. The molecule has 0 spiro atoms. The Kier molecular flexibility index (Phi) is 4.81. The summed E-state index contributed by atoms with van der Waals surface area (Å²) in [6.45, 7) is 0.691. The SMILES string of the molecule is FC1(F)CCN(Cc2cncc(-c3ccc4n[nH]c(C#Cc5ccsc5)c4c3)c2)C1. The van der Waals surface area contributed by atoms with Crippen molar-refractivity contribution in [3.63, 3.8) is 0 Å². The molecule has 1 aliphatic rings. The van der Waals surface area contributed by atoms with Gasteiger partial charge in [0, 0.05) is 53.8 Å². The molecule has 0 saturated carbocycles. The van der Waals surface area contributed by atoms with Gasteiger partial charge in [-0.05, 0) is 46.7 Å². The number of rotatable bonds is 3. The van der Waals surface area contributed by atoms with Gasteiger partial charge in [0.25, 0.3) is 5.92 Å². The van der Waals surface area contributed by atoms with Crippen LogP contribution in [0.3, 0.4) is 0 Å². The van der Waals surface area contributed by atoms with E-state index in [0.29, 0.717) is 13.1 Å². The number of thiophene rings is 1. The standard InChI is InChI=1S/C23H18F2N4S/c24-23(25)6-7-29(15-23)13-17-9-19(12-26-11-17)18-2-4-22-20(10-18)21(27-28-22)3-1-16-5-8-30-14-16/h2,4-5,8-12,14H,6-7,13,15H2,(H,27,28). The third-order valence-electron chi connectivity index (χ3n) is 5.19. The van der Waals surface area contributed by atoms with Crippen LogP contribution in [0, 0.1) is 11.8 Å². The molecule has 4 aromatic rings. The summed E-state index contributed by atoms with van der Waals surface area (Å²) in [5, 5.41) is 12.3. The molecule has 7 heteroatoms. The lowest BCUT2D eigenvalue weighted by Gasteiger charge is -2.15. The summed E-state index contributed by atoms with van der Waals surface area (Å²) < 4.78 is 26.9. The minimum Gasteiger partial charge on any atom is -0.293 e. The van der Waals surface area contributed by atoms with Crippen LogP contribution in [0.25, 0.3) is 22.0 Å². The second kappa shape index (κ2) is 7.63. The van der Waals surface area contributed by atoms with Crippen molar-refractivity contribution in [2.45, 2.75) is 18.9 Å². The van der Waals surface area contributed by atoms with Crippen molar-refractivity contribution in [2.24, 2.45) is 0 Å². The van der Waals surface area contributed by atoms with Crippen molar-refractivity contribution < 1.29 is 8.78 Å². The molecular weight excluding hydrogens is 402 g/mol. The zero-order valence-corrected chi connectivity index (χ0v) is 16.8. The fraction of sp³-hybridized carbons (Fsp3) is 0.217. The number of alkyl halides is 2. The number of likely N-dealkylation sites (tertiary alicyclic amines) is 1. The van der Waals surface area contributed by atoms with Gasteiger partial charge < -0.3 is 0 Å². The molecular formula is C23H18F2N4S. The van der Waals surface area contributed by atoms with Crippen molar-refractivity contribution in [3.05, 3.63) is 70.3 Å². The van der Waals surface area contributed by atoms with Gasteiger partial charge in [-0.2, -0.15) is 16.4 Å². The Bertz CT molecular complexity index is 1250. The Morgan fingerprint density at radius 1 is 1.13 bits per heavy atom. The molecule has 4 heterocycles. The number of halogens is 2. The number of pyridine rings is 1. The van der Waals surface area contributed by atoms with Gasteiger partial charge in [0.15, 0.2) is 0 Å². The summed E-state index contributed by atoms with van der Waals surface area (Å²) in [7, 11) is 0. The van der Waals surface area contributed by atoms with Crippen LogP contribution in [-0.2, 0) is 6.54 Å². The number of benzene rings is 1. The molecule has 1 saturated heterocycles. The molecule has 150 valence electrons. The number of nitrogens with one attached hydrogen (secondary N) is 1. The highest BCUT2D eigenvalue weighted by Crippen LogP contribution is 2.29. The van der Waals surface area contributed by atoms with Crippen LogP contribution < -0.4 is 0 Å². The summed E-state index contributed by atoms with van der Waals surface area (Å²) in [6.07, 6.45) is 3.46. The van der Waals surface area contributed by atoms with Crippen LogP contribution >= 0.6 is 11.3 Å². The van der Waals surface area contributed by atoms with Crippen molar-refractivity contribution in [1.29, 1.82) is 0 Å².